The van der Waals surface area contributed by atoms with Crippen molar-refractivity contribution in [3.05, 3.63) is 0 Å². The van der Waals surface area contributed by atoms with Crippen molar-refractivity contribution >= 4 is 0 Å². The lowest BCUT2D eigenvalue weighted by atomic mass is 9.73. The van der Waals surface area contributed by atoms with Gasteiger partial charge in [0.15, 0.2) is 0 Å². The molecule has 0 radical (unpaired) electrons. The largest absolute Gasteiger partial charge is 0.316 e. The van der Waals surface area contributed by atoms with Gasteiger partial charge in [-0.05, 0) is 48.6 Å². The molecule has 0 bridgehead atoms. The lowest BCUT2D eigenvalue weighted by molar-refractivity contribution is 0.195. The predicted octanol–water partition coefficient (Wildman–Crippen LogP) is 4.08. The van der Waals surface area contributed by atoms with E-state index in [1.165, 1.54) is 32.4 Å². The smallest absolute Gasteiger partial charge is 0.00171 e. The van der Waals surface area contributed by atoms with Crippen LogP contribution in [0.15, 0.2) is 0 Å². The van der Waals surface area contributed by atoms with Crippen LogP contribution in [-0.2, 0) is 0 Å². The van der Waals surface area contributed by atoms with Gasteiger partial charge in [0.05, 0.1) is 0 Å². The van der Waals surface area contributed by atoms with Gasteiger partial charge < -0.3 is 5.32 Å². The van der Waals surface area contributed by atoms with Gasteiger partial charge in [-0.1, -0.05) is 48.0 Å². The quantitative estimate of drug-likeness (QED) is 0.760. The Labute approximate surface area is 102 Å². The van der Waals surface area contributed by atoms with E-state index in [0.717, 1.165) is 11.8 Å². The number of hydrogen-bond donors (Lipinski definition) is 1. The molecule has 0 spiro atoms. The SMILES string of the molecule is CCC(C)(C)CC1CNCC1CC(C)(C)C. The molecule has 2 unspecified atom stereocenters. The van der Waals surface area contributed by atoms with Crippen LogP contribution in [0, 0.1) is 22.7 Å². The van der Waals surface area contributed by atoms with Crippen LogP contribution in [0.1, 0.15) is 60.8 Å². The van der Waals surface area contributed by atoms with Gasteiger partial charge in [-0.2, -0.15) is 0 Å². The van der Waals surface area contributed by atoms with E-state index >= 15 is 0 Å². The Morgan fingerprint density at radius 2 is 1.44 bits per heavy atom. The Balaban J connectivity index is 2.53. The fourth-order valence-electron chi connectivity index (χ4n) is 2.91. The summed E-state index contributed by atoms with van der Waals surface area (Å²) in [4.78, 5) is 0. The summed E-state index contributed by atoms with van der Waals surface area (Å²) in [6.45, 7) is 16.7. The third kappa shape index (κ3) is 4.45. The second-order valence-electron chi connectivity index (χ2n) is 7.67. The molecule has 1 saturated heterocycles. The van der Waals surface area contributed by atoms with Gasteiger partial charge in [0, 0.05) is 0 Å². The molecule has 1 heterocycles. The standard InChI is InChI=1S/C15H31N/c1-7-15(5,6)9-13-11-16-10-12(13)8-14(2,3)4/h12-13,16H,7-11H2,1-6H3. The van der Waals surface area contributed by atoms with Crippen molar-refractivity contribution < 1.29 is 0 Å². The van der Waals surface area contributed by atoms with Crippen molar-refractivity contribution in [3.8, 4) is 0 Å². The minimum Gasteiger partial charge on any atom is -0.316 e. The average Bonchev–Trinajstić information content (AvgIpc) is 2.49. The molecule has 1 heteroatoms. The molecular formula is C15H31N. The molecular weight excluding hydrogens is 194 g/mol. The molecule has 1 N–H and O–H groups in total. The van der Waals surface area contributed by atoms with Crippen LogP contribution < -0.4 is 5.32 Å². The molecule has 0 saturated carbocycles. The Kier molecular flexibility index (Phi) is 4.45. The van der Waals surface area contributed by atoms with Gasteiger partial charge in [0.25, 0.3) is 0 Å². The molecule has 2 atom stereocenters. The summed E-state index contributed by atoms with van der Waals surface area (Å²) < 4.78 is 0. The first kappa shape index (κ1) is 14.0. The lowest BCUT2D eigenvalue weighted by Gasteiger charge is -2.32. The molecule has 1 aliphatic rings. The van der Waals surface area contributed by atoms with Crippen molar-refractivity contribution in [3.63, 3.8) is 0 Å². The predicted molar refractivity (Wildman–Crippen MR) is 72.6 cm³/mol. The van der Waals surface area contributed by atoms with Crippen molar-refractivity contribution in [1.82, 2.24) is 5.32 Å². The lowest BCUT2D eigenvalue weighted by Crippen LogP contribution is -2.24. The van der Waals surface area contributed by atoms with Crippen LogP contribution in [0.3, 0.4) is 0 Å². The van der Waals surface area contributed by atoms with Crippen LogP contribution in [0.2, 0.25) is 0 Å². The molecule has 1 fully saturated rings. The van der Waals surface area contributed by atoms with Gasteiger partial charge in [-0.3, -0.25) is 0 Å². The van der Waals surface area contributed by atoms with Crippen molar-refractivity contribution in [1.29, 1.82) is 0 Å². The summed E-state index contributed by atoms with van der Waals surface area (Å²) in [6.07, 6.45) is 4.05. The second kappa shape index (κ2) is 5.08. The molecule has 0 aliphatic carbocycles. The topological polar surface area (TPSA) is 12.0 Å². The highest BCUT2D eigenvalue weighted by molar-refractivity contribution is 4.87. The van der Waals surface area contributed by atoms with Crippen molar-refractivity contribution in [2.75, 3.05) is 13.1 Å². The first-order valence-corrected chi connectivity index (χ1v) is 6.94. The summed E-state index contributed by atoms with van der Waals surface area (Å²) in [5, 5.41) is 3.59. The zero-order valence-corrected chi connectivity index (χ0v) is 12.2. The normalized spacial score (nSPS) is 27.4. The van der Waals surface area contributed by atoms with E-state index in [1.54, 1.807) is 0 Å². The van der Waals surface area contributed by atoms with Crippen molar-refractivity contribution in [2.45, 2.75) is 60.8 Å². The molecule has 0 amide bonds. The monoisotopic (exact) mass is 225 g/mol. The third-order valence-corrected chi connectivity index (χ3v) is 4.13. The molecule has 1 nitrogen and oxygen atoms in total. The van der Waals surface area contributed by atoms with E-state index in [-0.39, 0.29) is 0 Å². The minimum atomic E-state index is 0.477. The number of rotatable bonds is 4. The Hall–Kier alpha value is -0.0400. The van der Waals surface area contributed by atoms with Gasteiger partial charge in [0.2, 0.25) is 0 Å². The van der Waals surface area contributed by atoms with E-state index in [9.17, 15) is 0 Å². The number of nitrogens with one attached hydrogen (secondary N) is 1. The van der Waals surface area contributed by atoms with Crippen molar-refractivity contribution in [2.24, 2.45) is 22.7 Å². The van der Waals surface area contributed by atoms with E-state index in [4.69, 9.17) is 0 Å². The molecule has 0 aromatic heterocycles. The number of hydrogen-bond acceptors (Lipinski definition) is 1. The van der Waals surface area contributed by atoms with Crippen LogP contribution in [0.5, 0.6) is 0 Å². The molecule has 0 aromatic rings. The van der Waals surface area contributed by atoms with Gasteiger partial charge in [-0.25, -0.2) is 0 Å². The highest BCUT2D eigenvalue weighted by Crippen LogP contribution is 2.38. The third-order valence-electron chi connectivity index (χ3n) is 4.13. The summed E-state index contributed by atoms with van der Waals surface area (Å²) >= 11 is 0. The van der Waals surface area contributed by atoms with Gasteiger partial charge >= 0.3 is 0 Å². The molecule has 0 aromatic carbocycles. The molecule has 16 heavy (non-hydrogen) atoms. The summed E-state index contributed by atoms with van der Waals surface area (Å²) in [7, 11) is 0. The van der Waals surface area contributed by atoms with E-state index in [0.29, 0.717) is 10.8 Å². The van der Waals surface area contributed by atoms with Crippen LogP contribution in [0.4, 0.5) is 0 Å². The first-order chi connectivity index (χ1) is 7.23. The Bertz CT molecular complexity index is 212. The zero-order chi connectivity index (χ0) is 12.4. The molecule has 1 rings (SSSR count). The van der Waals surface area contributed by atoms with Crippen LogP contribution in [0.25, 0.3) is 0 Å². The highest BCUT2D eigenvalue weighted by atomic mass is 14.9. The summed E-state index contributed by atoms with van der Waals surface area (Å²) in [6, 6.07) is 0. The van der Waals surface area contributed by atoms with Gasteiger partial charge in [0.1, 0.15) is 0 Å². The summed E-state index contributed by atoms with van der Waals surface area (Å²) in [5.74, 6) is 1.79. The van der Waals surface area contributed by atoms with E-state index in [2.05, 4.69) is 46.9 Å². The maximum absolute atomic E-state index is 3.59. The minimum absolute atomic E-state index is 0.477. The maximum Gasteiger partial charge on any atom is -0.00171 e. The molecule has 1 aliphatic heterocycles. The fourth-order valence-corrected chi connectivity index (χ4v) is 2.91. The van der Waals surface area contributed by atoms with E-state index < -0.39 is 0 Å². The maximum atomic E-state index is 3.59. The van der Waals surface area contributed by atoms with Gasteiger partial charge in [-0.15, -0.1) is 0 Å². The Morgan fingerprint density at radius 3 is 1.88 bits per heavy atom. The zero-order valence-electron chi connectivity index (χ0n) is 12.2. The molecule has 96 valence electrons. The average molecular weight is 225 g/mol. The van der Waals surface area contributed by atoms with Crippen LogP contribution >= 0.6 is 0 Å². The van der Waals surface area contributed by atoms with Crippen LogP contribution in [-0.4, -0.2) is 13.1 Å². The van der Waals surface area contributed by atoms with E-state index in [1.807, 2.05) is 0 Å². The Morgan fingerprint density at radius 1 is 0.938 bits per heavy atom. The first-order valence-electron chi connectivity index (χ1n) is 6.94. The highest BCUT2D eigenvalue weighted by Gasteiger charge is 2.33. The fraction of sp³-hybridized carbons (Fsp3) is 1.00. The summed E-state index contributed by atoms with van der Waals surface area (Å²) in [5.41, 5.74) is 0.998. The second-order valence-corrected chi connectivity index (χ2v) is 7.67.